The number of halogens is 1. The summed E-state index contributed by atoms with van der Waals surface area (Å²) in [5, 5.41) is 0.632. The molecule has 1 aliphatic rings. The fraction of sp³-hybridized carbons (Fsp3) is 0.769. The van der Waals surface area contributed by atoms with Crippen LogP contribution in [0.15, 0.2) is 6.20 Å². The van der Waals surface area contributed by atoms with Gasteiger partial charge >= 0.3 is 0 Å². The highest BCUT2D eigenvalue weighted by molar-refractivity contribution is 6.28. The predicted octanol–water partition coefficient (Wildman–Crippen LogP) is 3.32. The Kier molecular flexibility index (Phi) is 4.10. The number of hydrogen-bond donors (Lipinski definition) is 0. The average molecular weight is 256 g/mol. The van der Waals surface area contributed by atoms with Crippen molar-refractivity contribution in [2.75, 3.05) is 19.6 Å². The van der Waals surface area contributed by atoms with Crippen molar-refractivity contribution in [3.63, 3.8) is 0 Å². The molecule has 0 aliphatic carbocycles. The van der Waals surface area contributed by atoms with Crippen LogP contribution in [0.5, 0.6) is 0 Å². The summed E-state index contributed by atoms with van der Waals surface area (Å²) in [5.74, 6) is 0.625. The lowest BCUT2D eigenvalue weighted by molar-refractivity contribution is 0.218. The van der Waals surface area contributed by atoms with E-state index in [2.05, 4.69) is 35.2 Å². The van der Waals surface area contributed by atoms with Gasteiger partial charge in [0, 0.05) is 17.7 Å². The first-order chi connectivity index (χ1) is 8.13. The molecule has 0 atom stereocenters. The molecule has 96 valence electrons. The highest BCUT2D eigenvalue weighted by Gasteiger charge is 2.24. The maximum Gasteiger partial charge on any atom is 0.203 e. The van der Waals surface area contributed by atoms with Gasteiger partial charge in [0.1, 0.15) is 0 Å². The molecule has 1 aromatic rings. The van der Waals surface area contributed by atoms with Gasteiger partial charge in [-0.25, -0.2) is 4.98 Å². The van der Waals surface area contributed by atoms with E-state index in [1.165, 1.54) is 31.6 Å². The zero-order chi connectivity index (χ0) is 12.4. The molecule has 1 fully saturated rings. The predicted molar refractivity (Wildman–Crippen MR) is 71.7 cm³/mol. The van der Waals surface area contributed by atoms with Crippen LogP contribution < -0.4 is 0 Å². The van der Waals surface area contributed by atoms with Crippen LogP contribution in [0.4, 0.5) is 0 Å². The van der Waals surface area contributed by atoms with Crippen molar-refractivity contribution in [2.45, 2.75) is 45.6 Å². The zero-order valence-corrected chi connectivity index (χ0v) is 11.7. The van der Waals surface area contributed by atoms with E-state index in [4.69, 9.17) is 11.6 Å². The van der Waals surface area contributed by atoms with Crippen molar-refractivity contribution in [3.05, 3.63) is 17.2 Å². The molecule has 0 N–H and O–H groups in total. The molecule has 0 spiro atoms. The van der Waals surface area contributed by atoms with Gasteiger partial charge in [-0.05, 0) is 57.9 Å². The Labute approximate surface area is 109 Å². The lowest BCUT2D eigenvalue weighted by atomic mass is 9.93. The number of imidazole rings is 1. The molecule has 1 aliphatic heterocycles. The Balaban J connectivity index is 2.13. The van der Waals surface area contributed by atoms with Crippen molar-refractivity contribution in [3.8, 4) is 0 Å². The van der Waals surface area contributed by atoms with Crippen molar-refractivity contribution >= 4 is 11.6 Å². The van der Waals surface area contributed by atoms with E-state index >= 15 is 0 Å². The molecule has 3 nitrogen and oxygen atoms in total. The first kappa shape index (κ1) is 12.9. The fourth-order valence-electron chi connectivity index (χ4n) is 2.71. The second-order valence-electron chi connectivity index (χ2n) is 5.12. The van der Waals surface area contributed by atoms with Crippen LogP contribution in [0, 0.1) is 0 Å². The van der Waals surface area contributed by atoms with Crippen LogP contribution in [-0.4, -0.2) is 34.1 Å². The van der Waals surface area contributed by atoms with Crippen LogP contribution >= 0.6 is 11.6 Å². The Hall–Kier alpha value is -0.540. The molecule has 0 saturated carbocycles. The summed E-state index contributed by atoms with van der Waals surface area (Å²) in [4.78, 5) is 6.78. The third-order valence-corrected chi connectivity index (χ3v) is 4.03. The molecular weight excluding hydrogens is 234 g/mol. The summed E-state index contributed by atoms with van der Waals surface area (Å²) < 4.78 is 2.17. The zero-order valence-electron chi connectivity index (χ0n) is 11.0. The SMILES string of the molecule is CCN1CCC(c2cnc(Cl)n2C(C)C)CC1. The number of aromatic nitrogens is 2. The summed E-state index contributed by atoms with van der Waals surface area (Å²) in [6.45, 7) is 10.1. The Bertz CT molecular complexity index is 365. The molecule has 4 heteroatoms. The average Bonchev–Trinajstić information content (AvgIpc) is 2.71. The Morgan fingerprint density at radius 3 is 2.59 bits per heavy atom. The minimum atomic E-state index is 0.393. The number of rotatable bonds is 3. The smallest absolute Gasteiger partial charge is 0.203 e. The van der Waals surface area contributed by atoms with Crippen LogP contribution in [-0.2, 0) is 0 Å². The van der Waals surface area contributed by atoms with Gasteiger partial charge in [0.2, 0.25) is 5.28 Å². The van der Waals surface area contributed by atoms with Crippen molar-refractivity contribution in [2.24, 2.45) is 0 Å². The lowest BCUT2D eigenvalue weighted by Gasteiger charge is -2.31. The minimum Gasteiger partial charge on any atom is -0.316 e. The van der Waals surface area contributed by atoms with Gasteiger partial charge in [0.05, 0.1) is 6.20 Å². The van der Waals surface area contributed by atoms with E-state index in [0.717, 1.165) is 6.54 Å². The van der Waals surface area contributed by atoms with Gasteiger partial charge in [-0.3, -0.25) is 0 Å². The van der Waals surface area contributed by atoms with E-state index < -0.39 is 0 Å². The van der Waals surface area contributed by atoms with Gasteiger partial charge in [-0.1, -0.05) is 6.92 Å². The van der Waals surface area contributed by atoms with Gasteiger partial charge in [-0.2, -0.15) is 0 Å². The molecule has 0 bridgehead atoms. The van der Waals surface area contributed by atoms with Crippen LogP contribution in [0.1, 0.15) is 51.3 Å². The van der Waals surface area contributed by atoms with E-state index in [0.29, 0.717) is 17.2 Å². The first-order valence-electron chi connectivity index (χ1n) is 6.58. The molecular formula is C13H22ClN3. The topological polar surface area (TPSA) is 21.1 Å². The van der Waals surface area contributed by atoms with Crippen molar-refractivity contribution < 1.29 is 0 Å². The monoisotopic (exact) mass is 255 g/mol. The molecule has 1 aromatic heterocycles. The molecule has 2 rings (SSSR count). The highest BCUT2D eigenvalue weighted by atomic mass is 35.5. The van der Waals surface area contributed by atoms with Gasteiger partial charge in [0.15, 0.2) is 0 Å². The number of nitrogens with zero attached hydrogens (tertiary/aromatic N) is 3. The van der Waals surface area contributed by atoms with E-state index in [1.807, 2.05) is 6.20 Å². The van der Waals surface area contributed by atoms with Gasteiger partial charge in [0.25, 0.3) is 0 Å². The first-order valence-corrected chi connectivity index (χ1v) is 6.96. The maximum atomic E-state index is 6.16. The Morgan fingerprint density at radius 2 is 2.06 bits per heavy atom. The van der Waals surface area contributed by atoms with Crippen LogP contribution in [0.25, 0.3) is 0 Å². The minimum absolute atomic E-state index is 0.393. The highest BCUT2D eigenvalue weighted by Crippen LogP contribution is 2.31. The molecule has 0 radical (unpaired) electrons. The fourth-order valence-corrected chi connectivity index (χ4v) is 3.05. The lowest BCUT2D eigenvalue weighted by Crippen LogP contribution is -2.33. The molecule has 0 amide bonds. The standard InChI is InChI=1S/C13H22ClN3/c1-4-16-7-5-11(6-8-16)12-9-15-13(14)17(12)10(2)3/h9-11H,4-8H2,1-3H3. The number of likely N-dealkylation sites (tertiary alicyclic amines) is 1. The van der Waals surface area contributed by atoms with Crippen molar-refractivity contribution in [1.82, 2.24) is 14.5 Å². The third kappa shape index (κ3) is 2.66. The largest absolute Gasteiger partial charge is 0.316 e. The van der Waals surface area contributed by atoms with E-state index in [9.17, 15) is 0 Å². The third-order valence-electron chi connectivity index (χ3n) is 3.75. The van der Waals surface area contributed by atoms with Gasteiger partial charge < -0.3 is 9.47 Å². The normalized spacial score (nSPS) is 19.1. The summed E-state index contributed by atoms with van der Waals surface area (Å²) in [6.07, 6.45) is 4.42. The second kappa shape index (κ2) is 5.40. The number of hydrogen-bond acceptors (Lipinski definition) is 2. The van der Waals surface area contributed by atoms with Crippen LogP contribution in [0.3, 0.4) is 0 Å². The molecule has 1 saturated heterocycles. The second-order valence-corrected chi connectivity index (χ2v) is 5.46. The molecule has 0 aromatic carbocycles. The molecule has 0 unspecified atom stereocenters. The molecule has 17 heavy (non-hydrogen) atoms. The van der Waals surface area contributed by atoms with Crippen LogP contribution in [0.2, 0.25) is 5.28 Å². The van der Waals surface area contributed by atoms with Crippen molar-refractivity contribution in [1.29, 1.82) is 0 Å². The summed E-state index contributed by atoms with van der Waals surface area (Å²) in [7, 11) is 0. The Morgan fingerprint density at radius 1 is 1.41 bits per heavy atom. The number of piperidine rings is 1. The quantitative estimate of drug-likeness (QED) is 0.826. The maximum absolute atomic E-state index is 6.16. The molecule has 2 heterocycles. The van der Waals surface area contributed by atoms with Gasteiger partial charge in [-0.15, -0.1) is 0 Å². The van der Waals surface area contributed by atoms with E-state index in [1.54, 1.807) is 0 Å². The summed E-state index contributed by atoms with van der Waals surface area (Å²) in [6, 6.07) is 0.393. The summed E-state index contributed by atoms with van der Waals surface area (Å²) in [5.41, 5.74) is 1.32. The van der Waals surface area contributed by atoms with E-state index in [-0.39, 0.29) is 0 Å². The summed E-state index contributed by atoms with van der Waals surface area (Å²) >= 11 is 6.16.